The number of piperazine rings is 1. The van der Waals surface area contributed by atoms with Gasteiger partial charge in [-0.15, -0.1) is 0 Å². The molecule has 6 amide bonds. The molecule has 3 aromatic heterocycles. The van der Waals surface area contributed by atoms with Crippen molar-refractivity contribution in [3.8, 4) is 11.3 Å². The Morgan fingerprint density at radius 3 is 2.26 bits per heavy atom. The molecule has 6 aromatic rings. The van der Waals surface area contributed by atoms with E-state index >= 15 is 9.18 Å². The second-order valence-electron chi connectivity index (χ2n) is 24.5. The summed E-state index contributed by atoms with van der Waals surface area (Å²) in [6.45, 7) is 14.4. The molecule has 86 heavy (non-hydrogen) atoms. The number of hydrogen-bond acceptors (Lipinski definition) is 15. The topological polar surface area (TPSA) is 232 Å². The molecule has 448 valence electrons. The Morgan fingerprint density at radius 2 is 1.57 bits per heavy atom. The van der Waals surface area contributed by atoms with Gasteiger partial charge in [0.2, 0.25) is 17.7 Å². The van der Waals surface area contributed by atoms with Crippen LogP contribution in [-0.2, 0) is 19.8 Å². The molecule has 1 unspecified atom stereocenters. The highest BCUT2D eigenvalue weighted by Crippen LogP contribution is 2.52. The number of amides is 6. The Balaban J connectivity index is 0.761. The summed E-state index contributed by atoms with van der Waals surface area (Å²) in [5.74, 6) is -1.51. The molecule has 8 heterocycles. The number of imidazole rings is 1. The van der Waals surface area contributed by atoms with Crippen LogP contribution < -0.4 is 30.7 Å². The number of imide groups is 1. The zero-order chi connectivity index (χ0) is 60.3. The number of hydrogen-bond donors (Lipinski definition) is 3. The molecule has 5 fully saturated rings. The molecular formula is C64H73FN14O7. The van der Waals surface area contributed by atoms with Gasteiger partial charge in [0.1, 0.15) is 28.9 Å². The van der Waals surface area contributed by atoms with Crippen LogP contribution in [0.25, 0.3) is 22.3 Å². The van der Waals surface area contributed by atoms with Crippen LogP contribution in [0.5, 0.6) is 0 Å². The van der Waals surface area contributed by atoms with E-state index in [4.69, 9.17) is 15.0 Å². The van der Waals surface area contributed by atoms with Gasteiger partial charge in [-0.05, 0) is 140 Å². The van der Waals surface area contributed by atoms with E-state index in [0.717, 1.165) is 42.7 Å². The highest BCUT2D eigenvalue weighted by atomic mass is 19.1. The highest BCUT2D eigenvalue weighted by Gasteiger charge is 2.56. The molecule has 3 N–H and O–H groups in total. The van der Waals surface area contributed by atoms with E-state index in [-0.39, 0.29) is 77.1 Å². The number of carbonyl (C=O) groups excluding carboxylic acids is 7. The third-order valence-corrected chi connectivity index (χ3v) is 18.5. The van der Waals surface area contributed by atoms with Crippen molar-refractivity contribution in [3.63, 3.8) is 0 Å². The molecule has 4 saturated heterocycles. The second-order valence-corrected chi connectivity index (χ2v) is 24.5. The molecule has 1 saturated carbocycles. The first-order chi connectivity index (χ1) is 41.4. The number of anilines is 5. The second kappa shape index (κ2) is 23.3. The number of likely N-dealkylation sites (tertiary alicyclic amines) is 2. The lowest BCUT2D eigenvalue weighted by Crippen LogP contribution is -2.58. The summed E-state index contributed by atoms with van der Waals surface area (Å²) >= 11 is 0. The minimum Gasteiger partial charge on any atom is -0.367 e. The normalized spacial score (nSPS) is 20.6. The summed E-state index contributed by atoms with van der Waals surface area (Å²) in [6, 6.07) is 15.5. The molecule has 21 nitrogen and oxygen atoms in total. The number of halogens is 1. The minimum absolute atomic E-state index is 0.00304. The number of aldehydes is 1. The summed E-state index contributed by atoms with van der Waals surface area (Å²) in [6.07, 6.45) is 12.0. The smallest absolute Gasteiger partial charge is 0.274 e. The monoisotopic (exact) mass is 1170 g/mol. The summed E-state index contributed by atoms with van der Waals surface area (Å²) in [4.78, 5) is 125. The van der Waals surface area contributed by atoms with E-state index in [1.54, 1.807) is 42.5 Å². The molecule has 1 atom stereocenters. The number of fused-ring (bicyclic) bond motifs is 3. The quantitative estimate of drug-likeness (QED) is 0.0715. The zero-order valence-corrected chi connectivity index (χ0v) is 49.6. The average molecular weight is 1170 g/mol. The number of rotatable bonds is 14. The Kier molecular flexibility index (Phi) is 15.7. The first-order valence-electron chi connectivity index (χ1n) is 30.2. The minimum atomic E-state index is -0.864. The van der Waals surface area contributed by atoms with Gasteiger partial charge in [0.05, 0.1) is 52.2 Å². The maximum absolute atomic E-state index is 16.0. The average Bonchev–Trinajstić information content (AvgIpc) is 1.63. The fraction of sp³-hybridized carbons (Fsp3) is 0.453. The van der Waals surface area contributed by atoms with Gasteiger partial charge in [0.15, 0.2) is 12.1 Å². The van der Waals surface area contributed by atoms with Gasteiger partial charge in [-0.2, -0.15) is 0 Å². The summed E-state index contributed by atoms with van der Waals surface area (Å²) in [5.41, 5.74) is 5.70. The molecular weight excluding hydrogens is 1100 g/mol. The largest absolute Gasteiger partial charge is 0.367 e. The van der Waals surface area contributed by atoms with Gasteiger partial charge in [-0.3, -0.25) is 38.9 Å². The predicted octanol–water partition coefficient (Wildman–Crippen LogP) is 7.35. The Morgan fingerprint density at radius 1 is 0.826 bits per heavy atom. The number of aryl methyl sites for hydroxylation is 1. The molecule has 6 aliphatic rings. The Labute approximate surface area is 498 Å². The number of likely N-dealkylation sites (N-methyl/N-ethyl adjacent to an activating group) is 1. The first-order valence-corrected chi connectivity index (χ1v) is 30.2. The van der Waals surface area contributed by atoms with Gasteiger partial charge in [-0.1, -0.05) is 24.6 Å². The van der Waals surface area contributed by atoms with Crippen LogP contribution in [-0.4, -0.2) is 165 Å². The summed E-state index contributed by atoms with van der Waals surface area (Å²) in [7, 11) is 1.50. The highest BCUT2D eigenvalue weighted by molar-refractivity contribution is 6.10. The Hall–Kier alpha value is -8.66. The third-order valence-electron chi connectivity index (χ3n) is 18.5. The van der Waals surface area contributed by atoms with E-state index in [1.165, 1.54) is 49.5 Å². The maximum Gasteiger partial charge on any atom is 0.274 e. The number of benzene rings is 3. The van der Waals surface area contributed by atoms with E-state index < -0.39 is 29.1 Å². The third kappa shape index (κ3) is 10.6. The van der Waals surface area contributed by atoms with Gasteiger partial charge in [-0.25, -0.2) is 24.3 Å². The van der Waals surface area contributed by atoms with Crippen molar-refractivity contribution in [2.24, 2.45) is 0 Å². The van der Waals surface area contributed by atoms with Crippen LogP contribution in [0.1, 0.15) is 144 Å². The number of nitrogens with zero attached hydrogens (tertiary/aromatic N) is 11. The van der Waals surface area contributed by atoms with Crippen molar-refractivity contribution < 1.29 is 38.0 Å². The van der Waals surface area contributed by atoms with Crippen molar-refractivity contribution >= 4 is 81.5 Å². The van der Waals surface area contributed by atoms with Crippen molar-refractivity contribution in [2.75, 3.05) is 79.4 Å². The predicted molar refractivity (Wildman–Crippen MR) is 323 cm³/mol. The van der Waals surface area contributed by atoms with E-state index in [9.17, 15) is 28.8 Å². The molecule has 1 aliphatic carbocycles. The van der Waals surface area contributed by atoms with Crippen LogP contribution >= 0.6 is 0 Å². The SMILES string of the molecule is Cc1cc(F)c(Nc2nc(-c3ccc4c(c3)N(C3CC(N5CCCCC5)C3)C(=O)C43CCN(C(=O)c4cnc(N5CCN(c6cccc(C(=O)N(C)C7CCC(=O)NC7=O)c6C=O)CC5)cn4)CC3)cc3ncn(C(C)C)c23)cc1C(=O)NC(C)C. The number of pyridine rings is 1. The van der Waals surface area contributed by atoms with Gasteiger partial charge in [0.25, 0.3) is 17.7 Å². The lowest BCUT2D eigenvalue weighted by molar-refractivity contribution is -0.136. The molecule has 22 heteroatoms. The lowest BCUT2D eigenvalue weighted by Gasteiger charge is -2.48. The van der Waals surface area contributed by atoms with Gasteiger partial charge >= 0.3 is 0 Å². The van der Waals surface area contributed by atoms with E-state index in [2.05, 4.69) is 42.9 Å². The summed E-state index contributed by atoms with van der Waals surface area (Å²) < 4.78 is 17.9. The van der Waals surface area contributed by atoms with Crippen LogP contribution in [0.2, 0.25) is 0 Å². The van der Waals surface area contributed by atoms with Gasteiger partial charge < -0.3 is 44.6 Å². The van der Waals surface area contributed by atoms with Crippen molar-refractivity contribution in [1.82, 2.24) is 49.8 Å². The molecule has 5 aliphatic heterocycles. The van der Waals surface area contributed by atoms with E-state index in [0.29, 0.717) is 110 Å². The summed E-state index contributed by atoms with van der Waals surface area (Å²) in [5, 5.41) is 8.47. The fourth-order valence-electron chi connectivity index (χ4n) is 13.7. The molecule has 0 radical (unpaired) electrons. The van der Waals surface area contributed by atoms with E-state index in [1.807, 2.05) is 54.2 Å². The van der Waals surface area contributed by atoms with Crippen LogP contribution in [0.3, 0.4) is 0 Å². The van der Waals surface area contributed by atoms with Crippen LogP contribution in [0, 0.1) is 12.7 Å². The van der Waals surface area contributed by atoms with Crippen LogP contribution in [0.15, 0.2) is 73.3 Å². The fourth-order valence-corrected chi connectivity index (χ4v) is 13.7. The maximum atomic E-state index is 16.0. The standard InChI is InChI=1S/C64H73FN14O7/c1-37(2)69-59(82)44-31-49(47(65)27-39(44)5)71-58-57-50(68-36-78(57)38(3)4)32-48(70-58)40-13-14-46-54(28-40)79(42-29-41(30-42)74-19-8-7-9-20-74)63(86)64(46)17-21-77(22-18-64)62(85)51-33-67-55(34-66-51)76-25-23-75(24-26-76)52-12-10-11-43(45(52)35-80)61(84)73(6)53-15-16-56(81)72-60(53)83/h10-14,27-28,31-38,41-42,53H,7-9,15-26,29-30H2,1-6H3,(H,69,82)(H,70,71)(H,72,81,83). The van der Waals surface area contributed by atoms with Crippen molar-refractivity contribution in [2.45, 2.75) is 128 Å². The van der Waals surface area contributed by atoms with Crippen molar-refractivity contribution in [1.29, 1.82) is 0 Å². The molecule has 1 spiro atoms. The number of aromatic nitrogens is 5. The number of piperidine rings is 3. The van der Waals surface area contributed by atoms with Crippen LogP contribution in [0.4, 0.5) is 33.1 Å². The van der Waals surface area contributed by atoms with Gasteiger partial charge in [0, 0.05) is 99.4 Å². The molecule has 3 aromatic carbocycles. The lowest BCUT2D eigenvalue weighted by atomic mass is 9.73. The number of nitrogens with one attached hydrogen (secondary N) is 3. The number of carbonyl (C=O) groups is 7. The first kappa shape index (κ1) is 57.8. The van der Waals surface area contributed by atoms with Crippen molar-refractivity contribution in [3.05, 3.63) is 113 Å². The molecule has 12 rings (SSSR count). The Bertz CT molecular complexity index is 3690. The zero-order valence-electron chi connectivity index (χ0n) is 49.6. The molecule has 0 bridgehead atoms.